The summed E-state index contributed by atoms with van der Waals surface area (Å²) in [5, 5.41) is 6.71. The average molecular weight is 196 g/mol. The molecule has 1 aromatic rings. The number of nitrogens with one attached hydrogen (secondary N) is 1. The van der Waals surface area contributed by atoms with E-state index in [4.69, 9.17) is 5.73 Å². The lowest BCUT2D eigenvalue weighted by Gasteiger charge is -2.12. The van der Waals surface area contributed by atoms with Crippen LogP contribution in [0.25, 0.3) is 0 Å². The van der Waals surface area contributed by atoms with Crippen molar-refractivity contribution in [1.29, 1.82) is 0 Å². The second-order valence-corrected chi connectivity index (χ2v) is 3.59. The van der Waals surface area contributed by atoms with Gasteiger partial charge in [-0.25, -0.2) is 0 Å². The zero-order chi connectivity index (χ0) is 10.7. The molecule has 0 aliphatic rings. The summed E-state index contributed by atoms with van der Waals surface area (Å²) in [7, 11) is 1.79. The maximum Gasteiger partial charge on any atom is 0.241 e. The first-order chi connectivity index (χ1) is 6.50. The molecule has 0 aliphatic carbocycles. The molecule has 1 heterocycles. The molecular formula is C9H16N4O. The van der Waals surface area contributed by atoms with Gasteiger partial charge in [-0.05, 0) is 13.8 Å². The van der Waals surface area contributed by atoms with Crippen molar-refractivity contribution in [3.8, 4) is 0 Å². The summed E-state index contributed by atoms with van der Waals surface area (Å²) < 4.78 is 1.62. The van der Waals surface area contributed by atoms with Gasteiger partial charge in [-0.3, -0.25) is 9.48 Å². The van der Waals surface area contributed by atoms with Crippen LogP contribution in [0.5, 0.6) is 0 Å². The lowest BCUT2D eigenvalue weighted by atomic mass is 10.1. The highest BCUT2D eigenvalue weighted by Gasteiger charge is 2.17. The van der Waals surface area contributed by atoms with Gasteiger partial charge in [-0.2, -0.15) is 5.10 Å². The number of rotatable bonds is 3. The van der Waals surface area contributed by atoms with Crippen molar-refractivity contribution in [1.82, 2.24) is 15.1 Å². The summed E-state index contributed by atoms with van der Waals surface area (Å²) in [5.41, 5.74) is 6.46. The first-order valence-corrected chi connectivity index (χ1v) is 4.55. The monoisotopic (exact) mass is 196 g/mol. The minimum Gasteiger partial charge on any atom is -0.352 e. The fraction of sp³-hybridized carbons (Fsp3) is 0.556. The van der Waals surface area contributed by atoms with E-state index in [1.165, 1.54) is 0 Å². The van der Waals surface area contributed by atoms with Crippen LogP contribution in [-0.4, -0.2) is 21.7 Å². The van der Waals surface area contributed by atoms with Crippen molar-refractivity contribution in [3.63, 3.8) is 0 Å². The second-order valence-electron chi connectivity index (χ2n) is 3.59. The van der Waals surface area contributed by atoms with E-state index in [1.807, 2.05) is 13.8 Å². The summed E-state index contributed by atoms with van der Waals surface area (Å²) in [5.74, 6) is -0.173. The van der Waals surface area contributed by atoms with Crippen LogP contribution in [-0.2, 0) is 11.8 Å². The maximum atomic E-state index is 11.5. The van der Waals surface area contributed by atoms with Crippen molar-refractivity contribution in [2.75, 3.05) is 0 Å². The molecule has 1 rings (SSSR count). The third-order valence-electron chi connectivity index (χ3n) is 1.80. The van der Waals surface area contributed by atoms with E-state index in [0.717, 1.165) is 5.56 Å². The van der Waals surface area contributed by atoms with Gasteiger partial charge in [0, 0.05) is 24.8 Å². The lowest BCUT2D eigenvalue weighted by Crippen LogP contribution is -2.37. The highest BCUT2D eigenvalue weighted by Crippen LogP contribution is 2.08. The minimum atomic E-state index is -0.633. The van der Waals surface area contributed by atoms with Gasteiger partial charge < -0.3 is 11.1 Å². The number of nitrogens with zero attached hydrogens (tertiary/aromatic N) is 2. The first kappa shape index (κ1) is 10.7. The Morgan fingerprint density at radius 1 is 1.64 bits per heavy atom. The van der Waals surface area contributed by atoms with Gasteiger partial charge in [-0.1, -0.05) is 0 Å². The van der Waals surface area contributed by atoms with Crippen molar-refractivity contribution in [2.45, 2.75) is 25.9 Å². The fourth-order valence-electron chi connectivity index (χ4n) is 1.13. The Morgan fingerprint density at radius 3 is 2.71 bits per heavy atom. The first-order valence-electron chi connectivity index (χ1n) is 4.55. The molecule has 1 atom stereocenters. The number of amides is 1. The maximum absolute atomic E-state index is 11.5. The molecule has 5 heteroatoms. The molecule has 0 saturated carbocycles. The molecule has 1 amide bonds. The Bertz CT molecular complexity index is 318. The van der Waals surface area contributed by atoms with Gasteiger partial charge in [0.15, 0.2) is 0 Å². The summed E-state index contributed by atoms with van der Waals surface area (Å²) in [6.07, 6.45) is 3.34. The number of carbonyl (C=O) groups excluding carboxylic acids is 1. The van der Waals surface area contributed by atoms with E-state index in [2.05, 4.69) is 10.4 Å². The van der Waals surface area contributed by atoms with E-state index >= 15 is 0 Å². The molecule has 0 saturated heterocycles. The number of nitrogens with two attached hydrogens (primary N) is 1. The molecule has 0 radical (unpaired) electrons. The van der Waals surface area contributed by atoms with Crippen LogP contribution in [0.15, 0.2) is 12.4 Å². The molecule has 0 aromatic carbocycles. The lowest BCUT2D eigenvalue weighted by molar-refractivity contribution is -0.122. The standard InChI is InChI=1S/C9H16N4O/c1-6(2)12-9(14)8(10)7-4-11-13(3)5-7/h4-6,8H,10H2,1-3H3,(H,12,14). The van der Waals surface area contributed by atoms with Crippen LogP contribution in [0.2, 0.25) is 0 Å². The third-order valence-corrected chi connectivity index (χ3v) is 1.80. The predicted octanol–water partition coefficient (Wildman–Crippen LogP) is -0.0555. The Labute approximate surface area is 83.3 Å². The molecule has 1 aromatic heterocycles. The number of hydrogen-bond acceptors (Lipinski definition) is 3. The Morgan fingerprint density at radius 2 is 2.29 bits per heavy atom. The van der Waals surface area contributed by atoms with E-state index in [0.29, 0.717) is 0 Å². The van der Waals surface area contributed by atoms with Gasteiger partial charge >= 0.3 is 0 Å². The van der Waals surface area contributed by atoms with E-state index < -0.39 is 6.04 Å². The summed E-state index contributed by atoms with van der Waals surface area (Å²) >= 11 is 0. The zero-order valence-corrected chi connectivity index (χ0v) is 8.69. The molecular weight excluding hydrogens is 180 g/mol. The van der Waals surface area contributed by atoms with Crippen LogP contribution < -0.4 is 11.1 Å². The van der Waals surface area contributed by atoms with Gasteiger partial charge in [-0.15, -0.1) is 0 Å². The molecule has 78 valence electrons. The van der Waals surface area contributed by atoms with Gasteiger partial charge in [0.25, 0.3) is 0 Å². The molecule has 0 aliphatic heterocycles. The minimum absolute atomic E-state index is 0.102. The molecule has 1 unspecified atom stereocenters. The number of carbonyl (C=O) groups is 1. The Kier molecular flexibility index (Phi) is 3.24. The van der Waals surface area contributed by atoms with Crippen LogP contribution in [0.4, 0.5) is 0 Å². The normalized spacial score (nSPS) is 12.9. The van der Waals surface area contributed by atoms with E-state index in [-0.39, 0.29) is 11.9 Å². The van der Waals surface area contributed by atoms with Crippen LogP contribution >= 0.6 is 0 Å². The number of aromatic nitrogens is 2. The summed E-state index contributed by atoms with van der Waals surface area (Å²) in [4.78, 5) is 11.5. The number of hydrogen-bond donors (Lipinski definition) is 2. The smallest absolute Gasteiger partial charge is 0.241 e. The highest BCUT2D eigenvalue weighted by molar-refractivity contribution is 5.82. The number of aryl methyl sites for hydroxylation is 1. The van der Waals surface area contributed by atoms with Crippen LogP contribution in [0, 0.1) is 0 Å². The van der Waals surface area contributed by atoms with E-state index in [9.17, 15) is 4.79 Å². The van der Waals surface area contributed by atoms with Crippen molar-refractivity contribution in [2.24, 2.45) is 12.8 Å². The van der Waals surface area contributed by atoms with Gasteiger partial charge in [0.1, 0.15) is 6.04 Å². The molecule has 0 fully saturated rings. The predicted molar refractivity (Wildman–Crippen MR) is 53.4 cm³/mol. The molecule has 3 N–H and O–H groups in total. The highest BCUT2D eigenvalue weighted by atomic mass is 16.2. The molecule has 0 bridgehead atoms. The quantitative estimate of drug-likeness (QED) is 0.711. The molecule has 14 heavy (non-hydrogen) atoms. The summed E-state index contributed by atoms with van der Waals surface area (Å²) in [6.45, 7) is 3.79. The molecule has 5 nitrogen and oxygen atoms in total. The largest absolute Gasteiger partial charge is 0.352 e. The second kappa shape index (κ2) is 4.23. The third kappa shape index (κ3) is 2.56. The van der Waals surface area contributed by atoms with Gasteiger partial charge in [0.05, 0.1) is 6.20 Å². The van der Waals surface area contributed by atoms with Crippen LogP contribution in [0.1, 0.15) is 25.5 Å². The summed E-state index contributed by atoms with van der Waals surface area (Å²) in [6, 6.07) is -0.531. The van der Waals surface area contributed by atoms with Crippen LogP contribution in [0.3, 0.4) is 0 Å². The van der Waals surface area contributed by atoms with Crippen molar-refractivity contribution in [3.05, 3.63) is 18.0 Å². The van der Waals surface area contributed by atoms with Gasteiger partial charge in [0.2, 0.25) is 5.91 Å². The Balaban J connectivity index is 2.65. The molecule has 0 spiro atoms. The van der Waals surface area contributed by atoms with E-state index in [1.54, 1.807) is 24.1 Å². The average Bonchev–Trinajstić information content (AvgIpc) is 2.49. The topological polar surface area (TPSA) is 72.9 Å². The fourth-order valence-corrected chi connectivity index (χ4v) is 1.13. The van der Waals surface area contributed by atoms with Crippen molar-refractivity contribution < 1.29 is 4.79 Å². The SMILES string of the molecule is CC(C)NC(=O)C(N)c1cnn(C)c1. The van der Waals surface area contributed by atoms with Crippen molar-refractivity contribution >= 4 is 5.91 Å². The Hall–Kier alpha value is -1.36. The zero-order valence-electron chi connectivity index (χ0n) is 8.69.